The number of carbonyl (C=O) groups excluding carboxylic acids is 1. The second kappa shape index (κ2) is 6.05. The Morgan fingerprint density at radius 1 is 1.24 bits per heavy atom. The van der Waals surface area contributed by atoms with Gasteiger partial charge in [-0.15, -0.1) is 0 Å². The molecule has 0 unspecified atom stereocenters. The fourth-order valence-electron chi connectivity index (χ4n) is 5.70. The summed E-state index contributed by atoms with van der Waals surface area (Å²) in [6.07, 6.45) is 2.66. The highest BCUT2D eigenvalue weighted by Crippen LogP contribution is 2.65. The molecule has 3 aliphatic rings. The lowest BCUT2D eigenvalue weighted by Crippen LogP contribution is -2.66. The molecule has 1 aliphatic heterocycles. The van der Waals surface area contributed by atoms with Crippen molar-refractivity contribution in [2.24, 2.45) is 16.7 Å². The summed E-state index contributed by atoms with van der Waals surface area (Å²) in [5, 5.41) is 11.9. The molecule has 0 radical (unpaired) electrons. The number of hydrogen-bond donors (Lipinski definition) is 1. The van der Waals surface area contributed by atoms with Crippen LogP contribution in [-0.2, 0) is 23.7 Å². The Balaban J connectivity index is 2.20. The second-order valence-corrected chi connectivity index (χ2v) is 8.47. The summed E-state index contributed by atoms with van der Waals surface area (Å²) in [4.78, 5) is 11.7. The topological polar surface area (TPSA) is 74.2 Å². The van der Waals surface area contributed by atoms with E-state index < -0.39 is 29.7 Å². The van der Waals surface area contributed by atoms with Crippen molar-refractivity contribution in [3.8, 4) is 0 Å². The lowest BCUT2D eigenvalue weighted by molar-refractivity contribution is -0.266. The highest BCUT2D eigenvalue weighted by atomic mass is 16.8. The number of ether oxygens (including phenoxy) is 4. The lowest BCUT2D eigenvalue weighted by Gasteiger charge is -2.61. The lowest BCUT2D eigenvalue weighted by atomic mass is 9.46. The van der Waals surface area contributed by atoms with E-state index in [0.29, 0.717) is 5.57 Å². The minimum atomic E-state index is -1.32. The van der Waals surface area contributed by atoms with Crippen molar-refractivity contribution in [3.63, 3.8) is 0 Å². The predicted molar refractivity (Wildman–Crippen MR) is 90.5 cm³/mol. The fraction of sp³-hybridized carbons (Fsp3) is 0.842. The van der Waals surface area contributed by atoms with Crippen LogP contribution in [0.25, 0.3) is 0 Å². The van der Waals surface area contributed by atoms with Crippen molar-refractivity contribution >= 4 is 5.97 Å². The number of hydrogen-bond acceptors (Lipinski definition) is 6. The van der Waals surface area contributed by atoms with E-state index in [1.54, 1.807) is 0 Å². The molecule has 6 atom stereocenters. The van der Waals surface area contributed by atoms with Crippen LogP contribution < -0.4 is 0 Å². The van der Waals surface area contributed by atoms with Gasteiger partial charge in [-0.05, 0) is 24.3 Å². The van der Waals surface area contributed by atoms with Gasteiger partial charge in [-0.2, -0.15) is 0 Å². The maximum atomic E-state index is 11.9. The van der Waals surface area contributed by atoms with E-state index in [9.17, 15) is 9.90 Å². The Hall–Kier alpha value is -0.950. The number of esters is 1. The van der Waals surface area contributed by atoms with Gasteiger partial charge in [-0.3, -0.25) is 4.79 Å². The fourth-order valence-corrected chi connectivity index (χ4v) is 5.70. The molecule has 0 spiro atoms. The van der Waals surface area contributed by atoms with Gasteiger partial charge in [0.25, 0.3) is 0 Å². The van der Waals surface area contributed by atoms with Crippen LogP contribution in [0.4, 0.5) is 0 Å². The third-order valence-corrected chi connectivity index (χ3v) is 6.60. The third kappa shape index (κ3) is 2.49. The number of carbonyl (C=O) groups is 1. The van der Waals surface area contributed by atoms with Crippen LogP contribution in [0.2, 0.25) is 0 Å². The van der Waals surface area contributed by atoms with Gasteiger partial charge in [-0.1, -0.05) is 27.2 Å². The second-order valence-electron chi connectivity index (χ2n) is 8.47. The molecule has 2 fully saturated rings. The standard InChI is InChI=1S/C19H30O6/c1-11(20)24-13-10-12-15(22-5)25-16(23-6)19(12,21)18(4)9-7-8-17(2,3)14(13)18/h10,13-16,21H,7-9H2,1-6H3/t13-,14+,15-,16-,18+,19+/m1/s1. The van der Waals surface area contributed by atoms with Crippen molar-refractivity contribution in [2.45, 2.75) is 71.2 Å². The van der Waals surface area contributed by atoms with E-state index in [-0.39, 0.29) is 17.3 Å². The average Bonchev–Trinajstić information content (AvgIpc) is 2.79. The molecule has 0 aromatic heterocycles. The first-order valence-corrected chi connectivity index (χ1v) is 8.94. The summed E-state index contributed by atoms with van der Waals surface area (Å²) < 4.78 is 22.5. The van der Waals surface area contributed by atoms with E-state index >= 15 is 0 Å². The van der Waals surface area contributed by atoms with Crippen molar-refractivity contribution in [1.29, 1.82) is 0 Å². The van der Waals surface area contributed by atoms with Crippen LogP contribution in [-0.4, -0.2) is 49.6 Å². The first kappa shape index (κ1) is 18.8. The summed E-state index contributed by atoms with van der Waals surface area (Å²) in [5.74, 6) is -0.379. The summed E-state index contributed by atoms with van der Waals surface area (Å²) in [5.41, 5.74) is -1.38. The molecule has 1 saturated carbocycles. The number of methoxy groups -OCH3 is 2. The number of fused-ring (bicyclic) bond motifs is 3. The van der Waals surface area contributed by atoms with Gasteiger partial charge in [0.05, 0.1) is 0 Å². The predicted octanol–water partition coefficient (Wildman–Crippen LogP) is 2.40. The largest absolute Gasteiger partial charge is 0.458 e. The first-order valence-electron chi connectivity index (χ1n) is 8.94. The zero-order valence-corrected chi connectivity index (χ0v) is 16.0. The summed E-state index contributed by atoms with van der Waals surface area (Å²) in [6, 6.07) is 0. The normalized spacial score (nSPS) is 45.3. The minimum Gasteiger partial charge on any atom is -0.458 e. The summed E-state index contributed by atoms with van der Waals surface area (Å²) in [6.45, 7) is 7.84. The maximum Gasteiger partial charge on any atom is 0.303 e. The molecule has 25 heavy (non-hydrogen) atoms. The summed E-state index contributed by atoms with van der Waals surface area (Å²) >= 11 is 0. The highest BCUT2D eigenvalue weighted by Gasteiger charge is 2.70. The van der Waals surface area contributed by atoms with Gasteiger partial charge in [0.1, 0.15) is 11.7 Å². The molecule has 1 saturated heterocycles. The van der Waals surface area contributed by atoms with Gasteiger partial charge < -0.3 is 24.1 Å². The molecule has 0 aromatic rings. The molecule has 1 heterocycles. The monoisotopic (exact) mass is 354 g/mol. The first-order chi connectivity index (χ1) is 11.6. The average molecular weight is 354 g/mol. The zero-order chi connectivity index (χ0) is 18.6. The van der Waals surface area contributed by atoms with Crippen molar-refractivity contribution in [2.75, 3.05) is 14.2 Å². The Bertz CT molecular complexity index is 584. The smallest absolute Gasteiger partial charge is 0.303 e. The number of aliphatic hydroxyl groups is 1. The molecule has 1 N–H and O–H groups in total. The molecule has 2 aliphatic carbocycles. The van der Waals surface area contributed by atoms with Crippen molar-refractivity contribution in [1.82, 2.24) is 0 Å². The van der Waals surface area contributed by atoms with Crippen LogP contribution in [0, 0.1) is 16.7 Å². The Kier molecular flexibility index (Phi) is 4.55. The van der Waals surface area contributed by atoms with E-state index in [2.05, 4.69) is 20.8 Å². The molecule has 3 rings (SSSR count). The van der Waals surface area contributed by atoms with Crippen LogP contribution in [0.3, 0.4) is 0 Å². The van der Waals surface area contributed by atoms with Crippen LogP contribution in [0.1, 0.15) is 47.0 Å². The summed E-state index contributed by atoms with van der Waals surface area (Å²) in [7, 11) is 3.06. The quantitative estimate of drug-likeness (QED) is 0.620. The molecular formula is C19H30O6. The van der Waals surface area contributed by atoms with Crippen LogP contribution >= 0.6 is 0 Å². The molecular weight excluding hydrogens is 324 g/mol. The zero-order valence-electron chi connectivity index (χ0n) is 16.0. The van der Waals surface area contributed by atoms with Crippen LogP contribution in [0.5, 0.6) is 0 Å². The van der Waals surface area contributed by atoms with Gasteiger partial charge in [0, 0.05) is 38.0 Å². The van der Waals surface area contributed by atoms with E-state index in [1.165, 1.54) is 21.1 Å². The van der Waals surface area contributed by atoms with Gasteiger partial charge in [0.2, 0.25) is 0 Å². The van der Waals surface area contributed by atoms with Gasteiger partial charge >= 0.3 is 5.97 Å². The van der Waals surface area contributed by atoms with Crippen molar-refractivity contribution < 1.29 is 28.8 Å². The van der Waals surface area contributed by atoms with E-state index in [0.717, 1.165) is 19.3 Å². The van der Waals surface area contributed by atoms with E-state index in [1.807, 2.05) is 6.08 Å². The molecule has 6 nitrogen and oxygen atoms in total. The van der Waals surface area contributed by atoms with Crippen molar-refractivity contribution in [3.05, 3.63) is 11.6 Å². The van der Waals surface area contributed by atoms with Gasteiger partial charge in [0.15, 0.2) is 12.6 Å². The SMILES string of the molecule is CO[C@@H]1O[C@@H](OC)[C@@]2(O)C1=C[C@@H](OC(C)=O)[C@H]1C(C)(C)CCC[C@@]12C. The van der Waals surface area contributed by atoms with E-state index in [4.69, 9.17) is 18.9 Å². The molecule has 142 valence electrons. The van der Waals surface area contributed by atoms with Gasteiger partial charge in [-0.25, -0.2) is 0 Å². The Morgan fingerprint density at radius 2 is 1.92 bits per heavy atom. The third-order valence-electron chi connectivity index (χ3n) is 6.60. The minimum absolute atomic E-state index is 0.0525. The maximum absolute atomic E-state index is 11.9. The molecule has 0 aromatic carbocycles. The van der Waals surface area contributed by atoms with Crippen LogP contribution in [0.15, 0.2) is 11.6 Å². The highest BCUT2D eigenvalue weighted by molar-refractivity contribution is 5.66. The Labute approximate surface area is 149 Å². The molecule has 6 heteroatoms. The molecule has 0 bridgehead atoms. The molecule has 0 amide bonds. The Morgan fingerprint density at radius 3 is 2.48 bits per heavy atom. The number of rotatable bonds is 3.